The molecule has 1 saturated carbocycles. The molecular formula is C50H59F3N10O7. The van der Waals surface area contributed by atoms with Crippen molar-refractivity contribution in [3.63, 3.8) is 0 Å². The van der Waals surface area contributed by atoms with Crippen LogP contribution in [0.1, 0.15) is 95.6 Å². The van der Waals surface area contributed by atoms with Crippen molar-refractivity contribution in [1.82, 2.24) is 35.3 Å². The van der Waals surface area contributed by atoms with Gasteiger partial charge in [-0.05, 0) is 119 Å². The maximum Gasteiger partial charge on any atom is 0.416 e. The molecule has 372 valence electrons. The molecule has 9 rings (SSSR count). The van der Waals surface area contributed by atoms with Gasteiger partial charge in [0, 0.05) is 74.4 Å². The summed E-state index contributed by atoms with van der Waals surface area (Å²) >= 11 is 0. The number of nitrogens with one attached hydrogen (secondary N) is 3. The van der Waals surface area contributed by atoms with Crippen molar-refractivity contribution >= 4 is 57.6 Å². The van der Waals surface area contributed by atoms with Gasteiger partial charge >= 0.3 is 6.18 Å². The molecule has 0 spiro atoms. The minimum Gasteiger partial charge on any atom is -0.493 e. The number of methoxy groups -OCH3 is 1. The SMILES string of the molecule is CNC(=O)C(CC1(COc2cc3c(NC(C)c4cc(N)cc(C(F)(F)F)c4)nc(C)nc3cc2OC)CC1)N1CCC(CN2CCN(c3ccc4c(c3)C(=O)N(C3CCC(=O)NC3=O)C4=O)CC2)CC1. The number of hydrogen-bond acceptors (Lipinski definition) is 14. The van der Waals surface area contributed by atoms with Gasteiger partial charge in [-0.2, -0.15) is 13.2 Å². The maximum absolute atomic E-state index is 13.6. The molecule has 1 aromatic heterocycles. The second-order valence-electron chi connectivity index (χ2n) is 19.5. The minimum absolute atomic E-state index is 0.00358. The number of alkyl halides is 3. The molecular weight excluding hydrogens is 910 g/mol. The van der Waals surface area contributed by atoms with Gasteiger partial charge in [0.2, 0.25) is 17.7 Å². The predicted molar refractivity (Wildman–Crippen MR) is 254 cm³/mol. The van der Waals surface area contributed by atoms with Crippen molar-refractivity contribution in [1.29, 1.82) is 0 Å². The quantitative estimate of drug-likeness (QED) is 0.0880. The van der Waals surface area contributed by atoms with Gasteiger partial charge in [-0.15, -0.1) is 0 Å². The summed E-state index contributed by atoms with van der Waals surface area (Å²) in [6, 6.07) is 10.4. The van der Waals surface area contributed by atoms with E-state index in [0.29, 0.717) is 58.6 Å². The van der Waals surface area contributed by atoms with E-state index in [-0.39, 0.29) is 47.0 Å². The van der Waals surface area contributed by atoms with E-state index in [1.54, 1.807) is 52.3 Å². The maximum atomic E-state index is 13.6. The Labute approximate surface area is 403 Å². The molecule has 4 aliphatic heterocycles. The smallest absolute Gasteiger partial charge is 0.416 e. The monoisotopic (exact) mass is 968 g/mol. The lowest BCUT2D eigenvalue weighted by atomic mass is 9.91. The van der Waals surface area contributed by atoms with Crippen molar-refractivity contribution in [3.05, 3.63) is 76.6 Å². The number of hydrogen-bond donors (Lipinski definition) is 4. The number of aryl methyl sites for hydroxylation is 1. The summed E-state index contributed by atoms with van der Waals surface area (Å²) in [5.41, 5.74) is 7.12. The average molecular weight is 969 g/mol. The number of ether oxygens (including phenoxy) is 2. The van der Waals surface area contributed by atoms with Crippen LogP contribution in [0.25, 0.3) is 10.9 Å². The van der Waals surface area contributed by atoms with Gasteiger partial charge in [-0.25, -0.2) is 9.97 Å². The van der Waals surface area contributed by atoms with E-state index >= 15 is 0 Å². The molecule has 5 amide bonds. The number of anilines is 3. The summed E-state index contributed by atoms with van der Waals surface area (Å²) < 4.78 is 53.2. The number of benzene rings is 3. The van der Waals surface area contributed by atoms with Gasteiger partial charge in [-0.3, -0.25) is 44.0 Å². The number of rotatable bonds is 15. The Morgan fingerprint density at radius 2 is 1.66 bits per heavy atom. The van der Waals surface area contributed by atoms with E-state index in [9.17, 15) is 37.1 Å². The zero-order chi connectivity index (χ0) is 49.6. The van der Waals surface area contributed by atoms with E-state index in [2.05, 4.69) is 40.6 Å². The molecule has 0 bridgehead atoms. The number of amides is 5. The summed E-state index contributed by atoms with van der Waals surface area (Å²) in [4.78, 5) is 81.6. The summed E-state index contributed by atoms with van der Waals surface area (Å²) in [5, 5.41) is 9.02. The molecule has 3 unspecified atom stereocenters. The van der Waals surface area contributed by atoms with E-state index < -0.39 is 47.5 Å². The van der Waals surface area contributed by atoms with Crippen molar-refractivity contribution in [3.8, 4) is 11.5 Å². The van der Waals surface area contributed by atoms with E-state index in [1.807, 2.05) is 6.07 Å². The average Bonchev–Trinajstić information content (AvgIpc) is 4.06. The topological polar surface area (TPSA) is 205 Å². The first-order valence-electron chi connectivity index (χ1n) is 23.9. The Morgan fingerprint density at radius 3 is 2.33 bits per heavy atom. The molecule has 5 N–H and O–H groups in total. The molecule has 4 aromatic rings. The number of piperazine rings is 1. The van der Waals surface area contributed by atoms with Gasteiger partial charge in [0.25, 0.3) is 11.8 Å². The molecule has 3 atom stereocenters. The number of likely N-dealkylation sites (tertiary alicyclic amines) is 1. The zero-order valence-electron chi connectivity index (χ0n) is 39.8. The Kier molecular flexibility index (Phi) is 13.4. The Hall–Kier alpha value is -6.54. The lowest BCUT2D eigenvalue weighted by Gasteiger charge is -2.41. The first-order chi connectivity index (χ1) is 33.4. The number of piperidine rings is 2. The number of carbonyl (C=O) groups excluding carboxylic acids is 5. The number of aromatic nitrogens is 2. The van der Waals surface area contributed by atoms with Crippen molar-refractivity contribution < 1.29 is 46.6 Å². The first kappa shape index (κ1) is 48.5. The molecule has 5 heterocycles. The predicted octanol–water partition coefficient (Wildman–Crippen LogP) is 5.32. The van der Waals surface area contributed by atoms with Gasteiger partial charge in [0.05, 0.1) is 48.0 Å². The molecule has 3 saturated heterocycles. The highest BCUT2D eigenvalue weighted by atomic mass is 19.4. The van der Waals surface area contributed by atoms with Crippen LogP contribution in [0.3, 0.4) is 0 Å². The van der Waals surface area contributed by atoms with Crippen LogP contribution in [0, 0.1) is 18.3 Å². The van der Waals surface area contributed by atoms with E-state index in [1.165, 1.54) is 6.07 Å². The molecule has 3 aromatic carbocycles. The van der Waals surface area contributed by atoms with Crippen molar-refractivity contribution in [2.45, 2.75) is 83.1 Å². The number of nitrogens with zero attached hydrogens (tertiary/aromatic N) is 6. The second-order valence-corrected chi connectivity index (χ2v) is 19.5. The second kappa shape index (κ2) is 19.3. The third-order valence-corrected chi connectivity index (χ3v) is 14.7. The fourth-order valence-electron chi connectivity index (χ4n) is 10.4. The third kappa shape index (κ3) is 10.1. The number of carbonyl (C=O) groups is 5. The number of likely N-dealkylation sites (N-methyl/N-ethyl adjacent to an activating group) is 1. The third-order valence-electron chi connectivity index (χ3n) is 14.7. The Morgan fingerprint density at radius 1 is 0.929 bits per heavy atom. The van der Waals surface area contributed by atoms with Crippen LogP contribution in [0.4, 0.5) is 30.4 Å². The lowest BCUT2D eigenvalue weighted by molar-refractivity contribution is -0.138. The van der Waals surface area contributed by atoms with Crippen molar-refractivity contribution in [2.24, 2.45) is 11.3 Å². The van der Waals surface area contributed by atoms with Crippen LogP contribution in [0.5, 0.6) is 11.5 Å². The number of nitrogen functional groups attached to an aromatic ring is 1. The molecule has 1 aliphatic carbocycles. The number of halogens is 3. The van der Waals surface area contributed by atoms with Crippen LogP contribution in [0.15, 0.2) is 48.5 Å². The highest BCUT2D eigenvalue weighted by Gasteiger charge is 2.48. The van der Waals surface area contributed by atoms with Crippen molar-refractivity contribution in [2.75, 3.05) is 82.5 Å². The summed E-state index contributed by atoms with van der Waals surface area (Å²) in [7, 11) is 3.22. The van der Waals surface area contributed by atoms with Gasteiger partial charge in [-0.1, -0.05) is 0 Å². The number of fused-ring (bicyclic) bond motifs is 2. The fraction of sp³-hybridized carbons (Fsp3) is 0.500. The summed E-state index contributed by atoms with van der Waals surface area (Å²) in [5.74, 6) is 0.170. The van der Waals surface area contributed by atoms with Gasteiger partial charge in [0.15, 0.2) is 11.5 Å². The standard InChI is InChI=1S/C50H59F3N10O7/c1-28(31-19-32(50(51,52)53)21-33(54)20-31)56-44-37-23-42(41(69-4)24-38(37)57-29(2)58-44)70-27-49(11-12-49)25-40(45(65)55-3)62-13-9-30(10-14-62)26-60-15-17-61(18-16-60)34-5-6-35-36(22-34)48(68)63(47(35)67)39-7-8-43(64)59-46(39)66/h5-6,19-24,28,30,39-40H,7-18,25-27,54H2,1-4H3,(H,55,65)(H,56,57,58)(H,59,64,66). The molecule has 0 radical (unpaired) electrons. The van der Waals surface area contributed by atoms with Crippen LogP contribution < -0.4 is 36.1 Å². The summed E-state index contributed by atoms with van der Waals surface area (Å²) in [6.07, 6.45) is -0.0597. The fourth-order valence-corrected chi connectivity index (χ4v) is 10.4. The number of imide groups is 2. The van der Waals surface area contributed by atoms with Gasteiger partial charge < -0.3 is 30.7 Å². The normalized spacial score (nSPS) is 20.8. The minimum atomic E-state index is -4.55. The molecule has 70 heavy (non-hydrogen) atoms. The molecule has 4 fully saturated rings. The van der Waals surface area contributed by atoms with Crippen LogP contribution in [0.2, 0.25) is 0 Å². The van der Waals surface area contributed by atoms with Crippen LogP contribution >= 0.6 is 0 Å². The van der Waals surface area contributed by atoms with Crippen LogP contribution in [-0.4, -0.2) is 133 Å². The van der Waals surface area contributed by atoms with Gasteiger partial charge in [0.1, 0.15) is 17.7 Å². The van der Waals surface area contributed by atoms with E-state index in [0.717, 1.165) is 94.2 Å². The Balaban J connectivity index is 0.791. The van der Waals surface area contributed by atoms with Crippen LogP contribution in [-0.2, 0) is 20.6 Å². The highest BCUT2D eigenvalue weighted by Crippen LogP contribution is 2.51. The molecule has 20 heteroatoms. The number of nitrogens with two attached hydrogens (primary N) is 1. The van der Waals surface area contributed by atoms with E-state index in [4.69, 9.17) is 15.2 Å². The Bertz CT molecular complexity index is 2720. The lowest BCUT2D eigenvalue weighted by Crippen LogP contribution is -2.54. The highest BCUT2D eigenvalue weighted by molar-refractivity contribution is 6.23. The first-order valence-corrected chi connectivity index (χ1v) is 23.9. The summed E-state index contributed by atoms with van der Waals surface area (Å²) in [6.45, 7) is 9.49. The zero-order valence-corrected chi connectivity index (χ0v) is 39.8. The molecule has 17 nitrogen and oxygen atoms in total. The molecule has 5 aliphatic rings. The largest absolute Gasteiger partial charge is 0.493 e.